The number of hydrogen-bond acceptors (Lipinski definition) is 3. The van der Waals surface area contributed by atoms with Crippen molar-refractivity contribution in [3.05, 3.63) is 0 Å². The van der Waals surface area contributed by atoms with Gasteiger partial charge in [-0.15, -0.1) is 0 Å². The maximum Gasteiger partial charge on any atom is 0.329 e. The predicted octanol–water partition coefficient (Wildman–Crippen LogP) is 1.55. The van der Waals surface area contributed by atoms with Gasteiger partial charge in [0.2, 0.25) is 0 Å². The van der Waals surface area contributed by atoms with Crippen LogP contribution in [0.5, 0.6) is 0 Å². The maximum absolute atomic E-state index is 12.7. The normalized spacial score (nSPS) is 30.6. The summed E-state index contributed by atoms with van der Waals surface area (Å²) in [6, 6.07) is -0.140. The number of rotatable bonds is 3. The number of likely N-dealkylation sites (tertiary alicyclic amines) is 1. The molecule has 0 bridgehead atoms. The lowest BCUT2D eigenvalue weighted by Gasteiger charge is -2.41. The molecule has 20 heavy (non-hydrogen) atoms. The zero-order chi connectivity index (χ0) is 14.8. The Bertz CT molecular complexity index is 387. The molecule has 2 heterocycles. The van der Waals surface area contributed by atoms with Gasteiger partial charge in [-0.2, -0.15) is 0 Å². The zero-order valence-electron chi connectivity index (χ0n) is 12.3. The SMILES string of the molecule is CCCC1(C(=O)O)CCCN1C(=O)N1CCOCC1C. The predicted molar refractivity (Wildman–Crippen MR) is 73.6 cm³/mol. The van der Waals surface area contributed by atoms with Gasteiger partial charge in [0.25, 0.3) is 0 Å². The number of urea groups is 1. The molecule has 2 rings (SSSR count). The van der Waals surface area contributed by atoms with E-state index in [1.165, 1.54) is 0 Å². The second-order valence-electron chi connectivity index (χ2n) is 5.74. The number of nitrogens with zero attached hydrogens (tertiary/aromatic N) is 2. The third-order valence-corrected chi connectivity index (χ3v) is 4.39. The van der Waals surface area contributed by atoms with Crippen molar-refractivity contribution in [2.45, 2.75) is 51.1 Å². The van der Waals surface area contributed by atoms with Crippen LogP contribution in [0.2, 0.25) is 0 Å². The molecule has 0 aromatic heterocycles. The van der Waals surface area contributed by atoms with E-state index in [1.807, 2.05) is 13.8 Å². The Morgan fingerprint density at radius 1 is 1.40 bits per heavy atom. The molecule has 0 aliphatic carbocycles. The fourth-order valence-electron chi connectivity index (χ4n) is 3.33. The monoisotopic (exact) mass is 284 g/mol. The van der Waals surface area contributed by atoms with Gasteiger partial charge in [-0.3, -0.25) is 0 Å². The first-order valence-corrected chi connectivity index (χ1v) is 7.42. The van der Waals surface area contributed by atoms with Gasteiger partial charge in [0, 0.05) is 13.1 Å². The average molecular weight is 284 g/mol. The first-order chi connectivity index (χ1) is 9.53. The Morgan fingerprint density at radius 2 is 2.15 bits per heavy atom. The summed E-state index contributed by atoms with van der Waals surface area (Å²) >= 11 is 0. The summed E-state index contributed by atoms with van der Waals surface area (Å²) in [4.78, 5) is 27.8. The summed E-state index contributed by atoms with van der Waals surface area (Å²) in [6.07, 6.45) is 2.60. The number of ether oxygens (including phenoxy) is 1. The summed E-state index contributed by atoms with van der Waals surface area (Å²) in [6.45, 7) is 6.02. The molecule has 0 spiro atoms. The Morgan fingerprint density at radius 3 is 2.75 bits per heavy atom. The highest BCUT2D eigenvalue weighted by Gasteiger charge is 2.50. The molecule has 1 N–H and O–H groups in total. The first-order valence-electron chi connectivity index (χ1n) is 7.42. The Balaban J connectivity index is 2.20. The van der Waals surface area contributed by atoms with Crippen molar-refractivity contribution in [3.8, 4) is 0 Å². The summed E-state index contributed by atoms with van der Waals surface area (Å²) in [5, 5.41) is 9.64. The van der Waals surface area contributed by atoms with Crippen molar-refractivity contribution in [2.24, 2.45) is 0 Å². The van der Waals surface area contributed by atoms with Gasteiger partial charge in [-0.25, -0.2) is 9.59 Å². The lowest BCUT2D eigenvalue weighted by molar-refractivity contribution is -0.149. The maximum atomic E-state index is 12.7. The minimum absolute atomic E-state index is 0.00460. The number of amides is 2. The van der Waals surface area contributed by atoms with Crippen molar-refractivity contribution in [1.29, 1.82) is 0 Å². The van der Waals surface area contributed by atoms with E-state index < -0.39 is 11.5 Å². The molecule has 2 amide bonds. The highest BCUT2D eigenvalue weighted by Crippen LogP contribution is 2.35. The molecule has 2 fully saturated rings. The van der Waals surface area contributed by atoms with Gasteiger partial charge in [0.1, 0.15) is 5.54 Å². The molecule has 0 radical (unpaired) electrons. The van der Waals surface area contributed by atoms with Crippen molar-refractivity contribution in [3.63, 3.8) is 0 Å². The van der Waals surface area contributed by atoms with Crippen LogP contribution >= 0.6 is 0 Å². The smallest absolute Gasteiger partial charge is 0.329 e. The molecule has 0 saturated carbocycles. The van der Waals surface area contributed by atoms with Gasteiger partial charge < -0.3 is 19.6 Å². The third kappa shape index (κ3) is 2.49. The van der Waals surface area contributed by atoms with Crippen molar-refractivity contribution in [2.75, 3.05) is 26.3 Å². The number of morpholine rings is 1. The fraction of sp³-hybridized carbons (Fsp3) is 0.857. The van der Waals surface area contributed by atoms with E-state index in [0.717, 1.165) is 12.8 Å². The lowest BCUT2D eigenvalue weighted by atomic mass is 9.91. The Kier molecular flexibility index (Phi) is 4.52. The fourth-order valence-corrected chi connectivity index (χ4v) is 3.33. The number of carboxylic acids is 1. The molecule has 114 valence electrons. The van der Waals surface area contributed by atoms with Crippen LogP contribution in [0.3, 0.4) is 0 Å². The van der Waals surface area contributed by atoms with E-state index in [1.54, 1.807) is 9.80 Å². The number of carbonyl (C=O) groups excluding carboxylic acids is 1. The highest BCUT2D eigenvalue weighted by atomic mass is 16.5. The van der Waals surface area contributed by atoms with Crippen LogP contribution in [-0.2, 0) is 9.53 Å². The number of carbonyl (C=O) groups is 2. The third-order valence-electron chi connectivity index (χ3n) is 4.39. The number of hydrogen-bond donors (Lipinski definition) is 1. The van der Waals surface area contributed by atoms with Crippen molar-refractivity contribution >= 4 is 12.0 Å². The molecule has 2 saturated heterocycles. The quantitative estimate of drug-likeness (QED) is 0.853. The summed E-state index contributed by atoms with van der Waals surface area (Å²) in [5.41, 5.74) is -1.01. The minimum Gasteiger partial charge on any atom is -0.479 e. The summed E-state index contributed by atoms with van der Waals surface area (Å²) < 4.78 is 5.34. The van der Waals surface area contributed by atoms with E-state index in [0.29, 0.717) is 39.1 Å². The van der Waals surface area contributed by atoms with Crippen molar-refractivity contribution in [1.82, 2.24) is 9.80 Å². The number of aliphatic carboxylic acids is 1. The summed E-state index contributed by atoms with van der Waals surface area (Å²) in [7, 11) is 0. The molecule has 2 aliphatic heterocycles. The Hall–Kier alpha value is -1.30. The van der Waals surface area contributed by atoms with E-state index in [9.17, 15) is 14.7 Å². The molecule has 6 nitrogen and oxygen atoms in total. The molecule has 6 heteroatoms. The van der Waals surface area contributed by atoms with Crippen LogP contribution in [0.25, 0.3) is 0 Å². The standard InChI is InChI=1S/C14H24N2O4/c1-3-5-14(12(17)18)6-4-7-16(14)13(19)15-8-9-20-10-11(15)2/h11H,3-10H2,1-2H3,(H,17,18). The minimum atomic E-state index is -1.01. The zero-order valence-corrected chi connectivity index (χ0v) is 12.3. The Labute approximate surface area is 119 Å². The second-order valence-corrected chi connectivity index (χ2v) is 5.74. The van der Waals surface area contributed by atoms with E-state index in [4.69, 9.17) is 4.74 Å². The van der Waals surface area contributed by atoms with Gasteiger partial charge in [0.15, 0.2) is 0 Å². The van der Waals surface area contributed by atoms with Crippen LogP contribution in [0.4, 0.5) is 4.79 Å². The number of carboxylic acid groups (broad SMARTS) is 1. The van der Waals surface area contributed by atoms with Crippen LogP contribution in [0.15, 0.2) is 0 Å². The molecular formula is C14H24N2O4. The van der Waals surface area contributed by atoms with E-state index in [2.05, 4.69) is 0 Å². The van der Waals surface area contributed by atoms with Gasteiger partial charge in [-0.1, -0.05) is 13.3 Å². The van der Waals surface area contributed by atoms with Crippen LogP contribution < -0.4 is 0 Å². The topological polar surface area (TPSA) is 70.1 Å². The highest BCUT2D eigenvalue weighted by molar-refractivity contribution is 5.87. The molecule has 0 aromatic carbocycles. The average Bonchev–Trinajstić information content (AvgIpc) is 2.84. The molecule has 2 aliphatic rings. The summed E-state index contributed by atoms with van der Waals surface area (Å²) in [5.74, 6) is -0.869. The molecule has 2 unspecified atom stereocenters. The van der Waals surface area contributed by atoms with Gasteiger partial charge in [-0.05, 0) is 26.2 Å². The van der Waals surface area contributed by atoms with Crippen LogP contribution in [-0.4, -0.2) is 64.8 Å². The second kappa shape index (κ2) is 5.99. The van der Waals surface area contributed by atoms with Crippen molar-refractivity contribution < 1.29 is 19.4 Å². The van der Waals surface area contributed by atoms with E-state index in [-0.39, 0.29) is 12.1 Å². The largest absolute Gasteiger partial charge is 0.479 e. The van der Waals surface area contributed by atoms with Gasteiger partial charge in [0.05, 0.1) is 19.3 Å². The molecular weight excluding hydrogens is 260 g/mol. The van der Waals surface area contributed by atoms with Crippen LogP contribution in [0.1, 0.15) is 39.5 Å². The van der Waals surface area contributed by atoms with Crippen LogP contribution in [0, 0.1) is 0 Å². The first kappa shape index (κ1) is 15.1. The molecule has 2 atom stereocenters. The lowest BCUT2D eigenvalue weighted by Crippen LogP contribution is -2.60. The van der Waals surface area contributed by atoms with Gasteiger partial charge >= 0.3 is 12.0 Å². The molecule has 0 aromatic rings. The van der Waals surface area contributed by atoms with E-state index >= 15 is 0 Å².